The Morgan fingerprint density at radius 2 is 1.91 bits per heavy atom. The molecule has 4 heteroatoms. The zero-order chi connectivity index (χ0) is 8.74. The van der Waals surface area contributed by atoms with Crippen LogP contribution in [-0.4, -0.2) is 15.9 Å². The van der Waals surface area contributed by atoms with Gasteiger partial charge in [-0.3, -0.25) is 0 Å². The number of hydrogen-bond donors (Lipinski definition) is 0. The molecule has 0 N–H and O–H groups in total. The van der Waals surface area contributed by atoms with Crippen LogP contribution in [0, 0.1) is 0 Å². The van der Waals surface area contributed by atoms with Gasteiger partial charge in [-0.2, -0.15) is 0 Å². The molecule has 66 valence electrons. The Kier molecular flexibility index (Phi) is 6.68. The van der Waals surface area contributed by atoms with E-state index in [1.54, 1.807) is 0 Å². The smallest absolute Gasteiger partial charge is 0.172 e. The quantitative estimate of drug-likeness (QED) is 0.407. The van der Waals surface area contributed by atoms with Gasteiger partial charge in [-0.15, -0.1) is 0 Å². The molecular weight excluding hydrogens is 251 g/mol. The molecule has 0 atom stereocenters. The number of halogens is 3. The van der Waals surface area contributed by atoms with Crippen molar-refractivity contribution in [2.24, 2.45) is 0 Å². The number of carbonyl (C=O) groups is 1. The van der Waals surface area contributed by atoms with Gasteiger partial charge in [0.25, 0.3) is 0 Å². The van der Waals surface area contributed by atoms with Gasteiger partial charge in [-0.1, -0.05) is 45.6 Å². The Labute approximate surface area is 85.6 Å². The average Bonchev–Trinajstić information content (AvgIpc) is 1.99. The Bertz CT molecular complexity index is 117. The van der Waals surface area contributed by atoms with Crippen LogP contribution in [0.5, 0.6) is 0 Å². The Morgan fingerprint density at radius 3 is 2.36 bits per heavy atom. The number of unbranched alkanes of at least 4 members (excludes halogenated alkanes) is 2. The van der Waals surface area contributed by atoms with E-state index >= 15 is 0 Å². The topological polar surface area (TPSA) is 17.1 Å². The standard InChI is InChI=1S/C7H11BrCl2O/c8-5-3-1-2-4-7(9,10)6-11/h6H,1-5H2. The van der Waals surface area contributed by atoms with Crippen molar-refractivity contribution in [1.29, 1.82) is 0 Å². The number of rotatable bonds is 6. The van der Waals surface area contributed by atoms with Gasteiger partial charge in [0.15, 0.2) is 10.6 Å². The minimum atomic E-state index is -1.16. The molecule has 11 heavy (non-hydrogen) atoms. The molecule has 0 unspecified atom stereocenters. The summed E-state index contributed by atoms with van der Waals surface area (Å²) in [6.07, 6.45) is 4.19. The maximum absolute atomic E-state index is 10.2. The van der Waals surface area contributed by atoms with Gasteiger partial charge in [-0.05, 0) is 19.3 Å². The van der Waals surface area contributed by atoms with Crippen molar-refractivity contribution in [3.05, 3.63) is 0 Å². The predicted molar refractivity (Wildman–Crippen MR) is 52.8 cm³/mol. The van der Waals surface area contributed by atoms with E-state index in [1.807, 2.05) is 0 Å². The molecule has 0 spiro atoms. The number of carbonyl (C=O) groups excluding carboxylic acids is 1. The van der Waals surface area contributed by atoms with Crippen LogP contribution in [0.1, 0.15) is 25.7 Å². The van der Waals surface area contributed by atoms with Gasteiger partial charge in [-0.25, -0.2) is 0 Å². The zero-order valence-electron chi connectivity index (χ0n) is 6.16. The monoisotopic (exact) mass is 260 g/mol. The first-order chi connectivity index (χ1) is 5.12. The summed E-state index contributed by atoms with van der Waals surface area (Å²) in [6, 6.07) is 0. The van der Waals surface area contributed by atoms with E-state index in [2.05, 4.69) is 15.9 Å². The van der Waals surface area contributed by atoms with Crippen molar-refractivity contribution < 1.29 is 4.79 Å². The number of alkyl halides is 3. The highest BCUT2D eigenvalue weighted by atomic mass is 79.9. The third kappa shape index (κ3) is 7.10. The van der Waals surface area contributed by atoms with Crippen LogP contribution < -0.4 is 0 Å². The first-order valence-electron chi connectivity index (χ1n) is 3.52. The van der Waals surface area contributed by atoms with Crippen molar-refractivity contribution in [3.63, 3.8) is 0 Å². The van der Waals surface area contributed by atoms with Crippen molar-refractivity contribution in [2.45, 2.75) is 30.0 Å². The van der Waals surface area contributed by atoms with Crippen LogP contribution in [-0.2, 0) is 4.79 Å². The summed E-state index contributed by atoms with van der Waals surface area (Å²) < 4.78 is -1.16. The molecule has 1 nitrogen and oxygen atoms in total. The Balaban J connectivity index is 3.30. The number of aldehydes is 1. The largest absolute Gasteiger partial charge is 0.300 e. The molecule has 0 amide bonds. The lowest BCUT2D eigenvalue weighted by molar-refractivity contribution is -0.108. The van der Waals surface area contributed by atoms with Crippen LogP contribution in [0.25, 0.3) is 0 Å². The molecule has 0 aromatic carbocycles. The van der Waals surface area contributed by atoms with Gasteiger partial charge in [0.1, 0.15) is 0 Å². The minimum absolute atomic E-state index is 0.548. The Morgan fingerprint density at radius 1 is 1.27 bits per heavy atom. The lowest BCUT2D eigenvalue weighted by Crippen LogP contribution is -2.13. The molecule has 0 bridgehead atoms. The van der Waals surface area contributed by atoms with Gasteiger partial charge in [0.05, 0.1) is 0 Å². The first-order valence-corrected chi connectivity index (χ1v) is 5.40. The van der Waals surface area contributed by atoms with E-state index in [9.17, 15) is 4.79 Å². The highest BCUT2D eigenvalue weighted by Gasteiger charge is 2.21. The normalized spacial score (nSPS) is 11.5. The van der Waals surface area contributed by atoms with Crippen LogP contribution in [0.4, 0.5) is 0 Å². The molecule has 0 aromatic heterocycles. The maximum Gasteiger partial charge on any atom is 0.172 e. The van der Waals surface area contributed by atoms with Crippen molar-refractivity contribution in [3.8, 4) is 0 Å². The molecule has 0 heterocycles. The average molecular weight is 262 g/mol. The van der Waals surface area contributed by atoms with Crippen LogP contribution in [0.15, 0.2) is 0 Å². The summed E-state index contributed by atoms with van der Waals surface area (Å²) in [4.78, 5) is 10.2. The van der Waals surface area contributed by atoms with E-state index in [1.165, 1.54) is 0 Å². The van der Waals surface area contributed by atoms with Gasteiger partial charge < -0.3 is 4.79 Å². The maximum atomic E-state index is 10.2. The van der Waals surface area contributed by atoms with E-state index in [4.69, 9.17) is 23.2 Å². The second-order valence-corrected chi connectivity index (χ2v) is 4.71. The van der Waals surface area contributed by atoms with Gasteiger partial charge in [0, 0.05) is 5.33 Å². The summed E-state index contributed by atoms with van der Waals surface area (Å²) in [5, 5.41) is 0.992. The van der Waals surface area contributed by atoms with E-state index in [0.717, 1.165) is 24.6 Å². The molecular formula is C7H11BrCl2O. The molecule has 0 fully saturated rings. The Hall–Kier alpha value is 0.730. The van der Waals surface area contributed by atoms with Gasteiger partial charge >= 0.3 is 0 Å². The predicted octanol–water partition coefficient (Wildman–Crippen LogP) is 3.31. The first kappa shape index (κ1) is 11.7. The summed E-state index contributed by atoms with van der Waals surface area (Å²) in [7, 11) is 0. The van der Waals surface area contributed by atoms with Crippen LogP contribution in [0.3, 0.4) is 0 Å². The fourth-order valence-electron chi connectivity index (χ4n) is 0.691. The van der Waals surface area contributed by atoms with E-state index < -0.39 is 4.33 Å². The molecule has 0 aliphatic carbocycles. The summed E-state index contributed by atoms with van der Waals surface area (Å²) >= 11 is 14.5. The lowest BCUT2D eigenvalue weighted by Gasteiger charge is -2.09. The summed E-state index contributed by atoms with van der Waals surface area (Å²) in [5.41, 5.74) is 0. The third-order valence-corrected chi connectivity index (χ3v) is 2.43. The van der Waals surface area contributed by atoms with Crippen molar-refractivity contribution >= 4 is 45.4 Å². The molecule has 0 aliphatic rings. The van der Waals surface area contributed by atoms with E-state index in [0.29, 0.717) is 12.7 Å². The van der Waals surface area contributed by atoms with E-state index in [-0.39, 0.29) is 0 Å². The fourth-order valence-corrected chi connectivity index (χ4v) is 1.35. The molecule has 0 saturated heterocycles. The summed E-state index contributed by atoms with van der Waals surface area (Å²) in [6.45, 7) is 0. The molecule has 0 radical (unpaired) electrons. The summed E-state index contributed by atoms with van der Waals surface area (Å²) in [5.74, 6) is 0. The second-order valence-electron chi connectivity index (χ2n) is 2.38. The van der Waals surface area contributed by atoms with Crippen LogP contribution in [0.2, 0.25) is 0 Å². The lowest BCUT2D eigenvalue weighted by atomic mass is 10.1. The molecule has 0 aromatic rings. The SMILES string of the molecule is O=CC(Cl)(Cl)CCCCCBr. The highest BCUT2D eigenvalue weighted by molar-refractivity contribution is 9.09. The molecule has 0 rings (SSSR count). The zero-order valence-corrected chi connectivity index (χ0v) is 9.25. The highest BCUT2D eigenvalue weighted by Crippen LogP contribution is 2.25. The minimum Gasteiger partial charge on any atom is -0.300 e. The third-order valence-electron chi connectivity index (χ3n) is 1.32. The van der Waals surface area contributed by atoms with Crippen molar-refractivity contribution in [2.75, 3.05) is 5.33 Å². The fraction of sp³-hybridized carbons (Fsp3) is 0.857. The molecule has 0 saturated carbocycles. The van der Waals surface area contributed by atoms with Crippen molar-refractivity contribution in [1.82, 2.24) is 0 Å². The number of hydrogen-bond acceptors (Lipinski definition) is 1. The molecule has 0 aliphatic heterocycles. The van der Waals surface area contributed by atoms with Crippen LogP contribution >= 0.6 is 39.1 Å². The van der Waals surface area contributed by atoms with Gasteiger partial charge in [0.2, 0.25) is 0 Å². The second kappa shape index (κ2) is 6.27.